The Bertz CT molecular complexity index is 574. The molecule has 0 heterocycles. The van der Waals surface area contributed by atoms with E-state index in [1.54, 1.807) is 38.1 Å². The van der Waals surface area contributed by atoms with E-state index in [9.17, 15) is 13.2 Å². The standard InChI is InChI=1S/C15H21NO3S/c1-5-10-16(11-15(3,4)12-17)20(18,19)14-8-6-13(2)7-9-14/h5-9,12H,1,10-11H2,2-4H3. The summed E-state index contributed by atoms with van der Waals surface area (Å²) in [6, 6.07) is 6.66. The molecule has 0 amide bonds. The molecule has 0 aliphatic rings. The summed E-state index contributed by atoms with van der Waals surface area (Å²) in [4.78, 5) is 11.3. The summed E-state index contributed by atoms with van der Waals surface area (Å²) in [6.45, 7) is 9.20. The molecule has 20 heavy (non-hydrogen) atoms. The van der Waals surface area contributed by atoms with Gasteiger partial charge in [0, 0.05) is 18.5 Å². The molecule has 0 bridgehead atoms. The van der Waals surface area contributed by atoms with Crippen LogP contribution in [0.25, 0.3) is 0 Å². The Hall–Kier alpha value is -1.46. The molecule has 5 heteroatoms. The van der Waals surface area contributed by atoms with Crippen molar-refractivity contribution >= 4 is 16.3 Å². The monoisotopic (exact) mass is 295 g/mol. The smallest absolute Gasteiger partial charge is 0.243 e. The summed E-state index contributed by atoms with van der Waals surface area (Å²) >= 11 is 0. The molecule has 0 N–H and O–H groups in total. The Morgan fingerprint density at radius 3 is 2.25 bits per heavy atom. The summed E-state index contributed by atoms with van der Waals surface area (Å²) in [5.74, 6) is 0. The van der Waals surface area contributed by atoms with Gasteiger partial charge in [0.1, 0.15) is 6.29 Å². The minimum atomic E-state index is -3.62. The second kappa shape index (κ2) is 6.33. The van der Waals surface area contributed by atoms with Crippen LogP contribution in [0.2, 0.25) is 0 Å². The van der Waals surface area contributed by atoms with Crippen LogP contribution < -0.4 is 0 Å². The number of hydrogen-bond donors (Lipinski definition) is 0. The molecule has 1 rings (SSSR count). The quantitative estimate of drug-likeness (QED) is 0.573. The zero-order valence-electron chi connectivity index (χ0n) is 12.2. The molecule has 4 nitrogen and oxygen atoms in total. The van der Waals surface area contributed by atoms with E-state index in [2.05, 4.69) is 6.58 Å². The predicted molar refractivity (Wildman–Crippen MR) is 80.0 cm³/mol. The molecule has 0 radical (unpaired) electrons. The van der Waals surface area contributed by atoms with Crippen LogP contribution in [-0.4, -0.2) is 32.1 Å². The van der Waals surface area contributed by atoms with Gasteiger partial charge >= 0.3 is 0 Å². The molecule has 0 fully saturated rings. The number of benzene rings is 1. The lowest BCUT2D eigenvalue weighted by atomic mass is 9.96. The lowest BCUT2D eigenvalue weighted by Crippen LogP contribution is -2.39. The van der Waals surface area contributed by atoms with E-state index in [1.807, 2.05) is 6.92 Å². The highest BCUT2D eigenvalue weighted by Gasteiger charge is 2.29. The summed E-state index contributed by atoms with van der Waals surface area (Å²) in [6.07, 6.45) is 2.29. The third kappa shape index (κ3) is 4.02. The summed E-state index contributed by atoms with van der Waals surface area (Å²) in [5.41, 5.74) is 0.258. The van der Waals surface area contributed by atoms with Crippen molar-refractivity contribution in [1.82, 2.24) is 4.31 Å². The van der Waals surface area contributed by atoms with Gasteiger partial charge in [0.15, 0.2) is 0 Å². The third-order valence-electron chi connectivity index (χ3n) is 2.89. The largest absolute Gasteiger partial charge is 0.303 e. The fraction of sp³-hybridized carbons (Fsp3) is 0.400. The number of hydrogen-bond acceptors (Lipinski definition) is 3. The summed E-state index contributed by atoms with van der Waals surface area (Å²) in [7, 11) is -3.62. The molecule has 0 saturated carbocycles. The van der Waals surface area contributed by atoms with E-state index >= 15 is 0 Å². The molecule has 0 saturated heterocycles. The highest BCUT2D eigenvalue weighted by Crippen LogP contribution is 2.21. The van der Waals surface area contributed by atoms with Gasteiger partial charge in [-0.15, -0.1) is 6.58 Å². The van der Waals surface area contributed by atoms with Crippen molar-refractivity contribution in [3.05, 3.63) is 42.5 Å². The van der Waals surface area contributed by atoms with Gasteiger partial charge in [-0.3, -0.25) is 0 Å². The van der Waals surface area contributed by atoms with E-state index in [0.717, 1.165) is 11.8 Å². The molecule has 0 atom stereocenters. The fourth-order valence-electron chi connectivity index (χ4n) is 1.74. The Balaban J connectivity index is 3.15. The van der Waals surface area contributed by atoms with Gasteiger partial charge in [-0.25, -0.2) is 8.42 Å². The van der Waals surface area contributed by atoms with Gasteiger partial charge < -0.3 is 4.79 Å². The lowest BCUT2D eigenvalue weighted by molar-refractivity contribution is -0.115. The lowest BCUT2D eigenvalue weighted by Gasteiger charge is -2.27. The first-order valence-corrected chi connectivity index (χ1v) is 7.81. The maximum absolute atomic E-state index is 12.6. The van der Waals surface area contributed by atoms with Crippen LogP contribution in [0.3, 0.4) is 0 Å². The second-order valence-corrected chi connectivity index (χ2v) is 7.44. The maximum atomic E-state index is 12.6. The second-order valence-electron chi connectivity index (χ2n) is 5.51. The van der Waals surface area contributed by atoms with E-state index in [0.29, 0.717) is 0 Å². The topological polar surface area (TPSA) is 54.5 Å². The van der Waals surface area contributed by atoms with Gasteiger partial charge in [-0.1, -0.05) is 37.6 Å². The average Bonchev–Trinajstić information content (AvgIpc) is 2.38. The van der Waals surface area contributed by atoms with Gasteiger partial charge in [-0.2, -0.15) is 4.31 Å². The molecule has 0 aromatic heterocycles. The molecule has 1 aromatic rings. The van der Waals surface area contributed by atoms with Crippen LogP contribution in [0.4, 0.5) is 0 Å². The summed E-state index contributed by atoms with van der Waals surface area (Å²) in [5, 5.41) is 0. The van der Waals surface area contributed by atoms with Gasteiger partial charge in [0.05, 0.1) is 4.90 Å². The number of nitrogens with zero attached hydrogens (tertiary/aromatic N) is 1. The van der Waals surface area contributed by atoms with Crippen LogP contribution >= 0.6 is 0 Å². The Morgan fingerprint density at radius 2 is 1.80 bits per heavy atom. The minimum Gasteiger partial charge on any atom is -0.303 e. The highest BCUT2D eigenvalue weighted by molar-refractivity contribution is 7.89. The fourth-order valence-corrected chi connectivity index (χ4v) is 3.33. The van der Waals surface area contributed by atoms with Crippen molar-refractivity contribution in [2.24, 2.45) is 5.41 Å². The molecule has 0 unspecified atom stereocenters. The van der Waals surface area contributed by atoms with E-state index in [-0.39, 0.29) is 18.0 Å². The first-order chi connectivity index (χ1) is 9.23. The SMILES string of the molecule is C=CCN(CC(C)(C)C=O)S(=O)(=O)c1ccc(C)cc1. The van der Waals surface area contributed by atoms with Gasteiger partial charge in [0.2, 0.25) is 10.0 Å². The number of carbonyl (C=O) groups is 1. The number of aldehydes is 1. The Kier molecular flexibility index (Phi) is 5.25. The first-order valence-electron chi connectivity index (χ1n) is 6.37. The zero-order chi connectivity index (χ0) is 15.4. The number of aryl methyl sites for hydroxylation is 1. The Morgan fingerprint density at radius 1 is 1.25 bits per heavy atom. The molecule has 110 valence electrons. The number of rotatable bonds is 7. The molecule has 1 aromatic carbocycles. The van der Waals surface area contributed by atoms with E-state index in [4.69, 9.17) is 0 Å². The van der Waals surface area contributed by atoms with Crippen LogP contribution in [0.1, 0.15) is 19.4 Å². The van der Waals surface area contributed by atoms with Crippen LogP contribution in [-0.2, 0) is 14.8 Å². The minimum absolute atomic E-state index is 0.124. The maximum Gasteiger partial charge on any atom is 0.243 e. The van der Waals surface area contributed by atoms with E-state index in [1.165, 1.54) is 10.4 Å². The van der Waals surface area contributed by atoms with E-state index < -0.39 is 15.4 Å². The molecule has 0 aliphatic heterocycles. The van der Waals surface area contributed by atoms with Gasteiger partial charge in [-0.05, 0) is 19.1 Å². The third-order valence-corrected chi connectivity index (χ3v) is 4.72. The van der Waals surface area contributed by atoms with Crippen LogP contribution in [0, 0.1) is 12.3 Å². The first kappa shape index (κ1) is 16.6. The molecular formula is C15H21NO3S. The van der Waals surface area contributed by atoms with Crippen molar-refractivity contribution < 1.29 is 13.2 Å². The molecule has 0 spiro atoms. The van der Waals surface area contributed by atoms with Crippen LogP contribution in [0.15, 0.2) is 41.8 Å². The van der Waals surface area contributed by atoms with Crippen molar-refractivity contribution in [3.63, 3.8) is 0 Å². The number of carbonyl (C=O) groups excluding carboxylic acids is 1. The highest BCUT2D eigenvalue weighted by atomic mass is 32.2. The van der Waals surface area contributed by atoms with Gasteiger partial charge in [0.25, 0.3) is 0 Å². The van der Waals surface area contributed by atoms with Crippen molar-refractivity contribution in [3.8, 4) is 0 Å². The molecule has 0 aliphatic carbocycles. The average molecular weight is 295 g/mol. The predicted octanol–water partition coefficient (Wildman–Crippen LogP) is 2.40. The zero-order valence-corrected chi connectivity index (χ0v) is 13.0. The number of sulfonamides is 1. The van der Waals surface area contributed by atoms with Crippen LogP contribution in [0.5, 0.6) is 0 Å². The summed E-state index contributed by atoms with van der Waals surface area (Å²) < 4.78 is 26.5. The van der Waals surface area contributed by atoms with Crippen molar-refractivity contribution in [2.45, 2.75) is 25.7 Å². The normalized spacial score (nSPS) is 12.4. The molecular weight excluding hydrogens is 274 g/mol. The Labute approximate surface area is 121 Å². The van der Waals surface area contributed by atoms with Crippen molar-refractivity contribution in [1.29, 1.82) is 0 Å². The van der Waals surface area contributed by atoms with Crippen molar-refractivity contribution in [2.75, 3.05) is 13.1 Å².